The van der Waals surface area contributed by atoms with Crippen molar-refractivity contribution in [2.24, 2.45) is 0 Å². The van der Waals surface area contributed by atoms with Crippen LogP contribution in [-0.4, -0.2) is 80.0 Å². The molecule has 6 heterocycles. The van der Waals surface area contributed by atoms with E-state index in [-0.39, 0.29) is 23.9 Å². The van der Waals surface area contributed by atoms with E-state index < -0.39 is 11.7 Å². The summed E-state index contributed by atoms with van der Waals surface area (Å²) in [4.78, 5) is 55.7. The number of hydrogen-bond acceptors (Lipinski definition) is 10. The molecule has 0 aliphatic carbocycles. The van der Waals surface area contributed by atoms with E-state index in [0.29, 0.717) is 53.7 Å². The van der Waals surface area contributed by atoms with Gasteiger partial charge in [-0.1, -0.05) is 56.3 Å². The minimum absolute atomic E-state index is 0.0495. The summed E-state index contributed by atoms with van der Waals surface area (Å²) in [6, 6.07) is 11.0. The Balaban J connectivity index is 0.000000219. The van der Waals surface area contributed by atoms with Gasteiger partial charge in [-0.2, -0.15) is 13.2 Å². The van der Waals surface area contributed by atoms with Crippen molar-refractivity contribution in [3.8, 4) is 33.8 Å². The van der Waals surface area contributed by atoms with Crippen LogP contribution in [-0.2, 0) is 15.8 Å². The van der Waals surface area contributed by atoms with Gasteiger partial charge in [-0.25, -0.2) is 9.97 Å². The van der Waals surface area contributed by atoms with Gasteiger partial charge >= 0.3 is 6.18 Å². The number of nitrogens with zero attached hydrogens (tertiary/aromatic N) is 8. The summed E-state index contributed by atoms with van der Waals surface area (Å²) < 4.78 is 39.1. The van der Waals surface area contributed by atoms with Gasteiger partial charge in [0.2, 0.25) is 11.8 Å². The van der Waals surface area contributed by atoms with Crippen molar-refractivity contribution in [1.29, 1.82) is 0 Å². The molecule has 2 aliphatic heterocycles. The summed E-state index contributed by atoms with van der Waals surface area (Å²) in [5.41, 5.74) is 7.05. The molecule has 0 atom stereocenters. The second kappa shape index (κ2) is 22.6. The predicted molar refractivity (Wildman–Crippen MR) is 256 cm³/mol. The molecule has 2 amide bonds. The Morgan fingerprint density at radius 3 is 1.86 bits per heavy atom. The topological polar surface area (TPSA) is 142 Å². The third-order valence-electron chi connectivity index (χ3n) is 11.6. The zero-order valence-electron chi connectivity index (χ0n) is 38.0. The Kier molecular flexibility index (Phi) is 16.8. The maximum Gasteiger partial charge on any atom is 0.416 e. The van der Waals surface area contributed by atoms with Crippen LogP contribution in [0.4, 0.5) is 24.8 Å². The van der Waals surface area contributed by atoms with Crippen molar-refractivity contribution in [3.05, 3.63) is 126 Å². The molecule has 5 aromatic rings. The average Bonchev–Trinajstić information content (AvgIpc) is 3.33. The van der Waals surface area contributed by atoms with E-state index in [1.54, 1.807) is 36.8 Å². The smallest absolute Gasteiger partial charge is 0.355 e. The number of alkyl halides is 3. The average molecular weight is 922 g/mol. The number of carbonyl (C=O) groups is 2. The van der Waals surface area contributed by atoms with E-state index >= 15 is 0 Å². The molecule has 12 nitrogen and oxygen atoms in total. The minimum Gasteiger partial charge on any atom is -0.355 e. The lowest BCUT2D eigenvalue weighted by molar-refractivity contribution is -0.137. The fraction of sp³-hybridized carbons (Fsp3) is 0.360. The van der Waals surface area contributed by atoms with E-state index in [4.69, 9.17) is 26.6 Å². The summed E-state index contributed by atoms with van der Waals surface area (Å²) in [5, 5.41) is 6.70. The van der Waals surface area contributed by atoms with E-state index in [1.165, 1.54) is 12.1 Å². The van der Waals surface area contributed by atoms with Gasteiger partial charge in [-0.3, -0.25) is 29.5 Å². The minimum atomic E-state index is -4.40. The molecule has 0 bridgehead atoms. The van der Waals surface area contributed by atoms with Gasteiger partial charge in [0.15, 0.2) is 0 Å². The number of aryl methyl sites for hydroxylation is 2. The number of carbonyl (C=O) groups excluding carboxylic acids is 2. The first kappa shape index (κ1) is 49.0. The van der Waals surface area contributed by atoms with Crippen molar-refractivity contribution in [3.63, 3.8) is 0 Å². The number of allylic oxidation sites excluding steroid dienone is 5. The van der Waals surface area contributed by atoms with Crippen molar-refractivity contribution >= 4 is 40.6 Å². The molecule has 346 valence electrons. The Bertz CT molecular complexity index is 2550. The van der Waals surface area contributed by atoms with Crippen LogP contribution in [0.15, 0.2) is 103 Å². The zero-order valence-corrected chi connectivity index (χ0v) is 38.8. The number of amides is 2. The normalized spacial score (nSPS) is 15.2. The van der Waals surface area contributed by atoms with Crippen molar-refractivity contribution < 1.29 is 22.8 Å². The summed E-state index contributed by atoms with van der Waals surface area (Å²) in [7, 11) is 0. The van der Waals surface area contributed by atoms with E-state index in [0.717, 1.165) is 96.1 Å². The van der Waals surface area contributed by atoms with E-state index in [2.05, 4.69) is 42.0 Å². The van der Waals surface area contributed by atoms with Crippen LogP contribution in [0.25, 0.3) is 39.3 Å². The number of pyridine rings is 2. The first-order valence-corrected chi connectivity index (χ1v) is 22.6. The molecule has 4 aromatic heterocycles. The number of piperidine rings is 2. The molecule has 2 saturated heterocycles. The molecule has 1 aromatic carbocycles. The van der Waals surface area contributed by atoms with Crippen LogP contribution in [0.1, 0.15) is 81.8 Å². The van der Waals surface area contributed by atoms with Gasteiger partial charge in [-0.15, -0.1) is 0 Å². The molecule has 7 rings (SSSR count). The van der Waals surface area contributed by atoms with Gasteiger partial charge in [0, 0.05) is 97.1 Å². The van der Waals surface area contributed by atoms with Crippen LogP contribution in [0.3, 0.4) is 0 Å². The molecule has 66 heavy (non-hydrogen) atoms. The van der Waals surface area contributed by atoms with Crippen molar-refractivity contribution in [2.45, 2.75) is 91.4 Å². The Labute approximate surface area is 389 Å². The zero-order chi connectivity index (χ0) is 47.4. The lowest BCUT2D eigenvalue weighted by Gasteiger charge is -2.33. The predicted octanol–water partition coefficient (Wildman–Crippen LogP) is 10.1. The highest BCUT2D eigenvalue weighted by Crippen LogP contribution is 2.36. The van der Waals surface area contributed by atoms with Crippen LogP contribution in [0.5, 0.6) is 0 Å². The molecular weight excluding hydrogens is 865 g/mol. The SMILES string of the molecule is C=C/C(Cl)=C\C=C(/C)c1ncc(N2CCC(NC(=O)CC)CC2)nc1-c1ccncc1C.CCC(=O)NC1CCN(c2cnc(-c3ccc(C(F)(F)F)cc3)c(-c3cccnc3C)n2)CC1. The quantitative estimate of drug-likeness (QED) is 0.116. The molecular formula is C50H56ClF3N10O2. The maximum absolute atomic E-state index is 13.0. The fourth-order valence-electron chi connectivity index (χ4n) is 7.75. The molecule has 16 heteroatoms. The summed E-state index contributed by atoms with van der Waals surface area (Å²) in [6.07, 6.45) is 14.1. The highest BCUT2D eigenvalue weighted by Gasteiger charge is 2.31. The Hall–Kier alpha value is -6.48. The van der Waals surface area contributed by atoms with Gasteiger partial charge < -0.3 is 20.4 Å². The van der Waals surface area contributed by atoms with Crippen LogP contribution < -0.4 is 20.4 Å². The van der Waals surface area contributed by atoms with Crippen LogP contribution >= 0.6 is 11.6 Å². The number of halogens is 4. The molecule has 0 saturated carbocycles. The van der Waals surface area contributed by atoms with Crippen LogP contribution in [0, 0.1) is 13.8 Å². The monoisotopic (exact) mass is 920 g/mol. The summed E-state index contributed by atoms with van der Waals surface area (Å²) in [6.45, 7) is 16.4. The molecule has 2 fully saturated rings. The number of nitrogens with one attached hydrogen (secondary N) is 2. The first-order valence-electron chi connectivity index (χ1n) is 22.2. The number of hydrogen-bond donors (Lipinski definition) is 2. The summed E-state index contributed by atoms with van der Waals surface area (Å²) in [5.74, 6) is 1.69. The number of benzene rings is 1. The Morgan fingerprint density at radius 2 is 1.33 bits per heavy atom. The van der Waals surface area contributed by atoms with Gasteiger partial charge in [0.1, 0.15) is 17.3 Å². The van der Waals surface area contributed by atoms with Gasteiger partial charge in [0.05, 0.1) is 35.0 Å². The molecule has 0 radical (unpaired) electrons. The highest BCUT2D eigenvalue weighted by molar-refractivity contribution is 6.31. The fourth-order valence-corrected chi connectivity index (χ4v) is 7.81. The standard InChI is InChI=1S/C25H30ClN5O.C25H26F3N5O/c1-5-19(26)8-7-17(3)24-25(21-9-12-27-15-18(21)4)30-22(16-28-24)31-13-10-20(11-14-31)29-23(32)6-2;1-3-22(34)31-19-10-13-33(14-11-19)21-15-30-23(17-6-8-18(9-7-17)25(26,27)28)24(32-21)20-5-4-12-29-16(20)2/h5,7-9,12,15-16,20H,1,6,10-11,13-14H2,2-4H3,(H,29,32);4-9,12,15,19H,3,10-11,13-14H2,1-2H3,(H,31,34)/b17-7+,19-8+;. The second-order valence-electron chi connectivity index (χ2n) is 16.2. The molecule has 2 aliphatic rings. The molecule has 0 spiro atoms. The number of anilines is 2. The molecule has 0 unspecified atom stereocenters. The molecule has 2 N–H and O–H groups in total. The van der Waals surface area contributed by atoms with Crippen molar-refractivity contribution in [1.82, 2.24) is 40.5 Å². The summed E-state index contributed by atoms with van der Waals surface area (Å²) >= 11 is 6.08. The van der Waals surface area contributed by atoms with Crippen molar-refractivity contribution in [2.75, 3.05) is 36.0 Å². The lowest BCUT2D eigenvalue weighted by atomic mass is 10.0. The van der Waals surface area contributed by atoms with Gasteiger partial charge in [0.25, 0.3) is 0 Å². The first-order chi connectivity index (χ1) is 31.7. The van der Waals surface area contributed by atoms with Gasteiger partial charge in [-0.05, 0) is 94.0 Å². The third-order valence-corrected chi connectivity index (χ3v) is 11.9. The lowest BCUT2D eigenvalue weighted by Crippen LogP contribution is -2.44. The maximum atomic E-state index is 13.0. The van der Waals surface area contributed by atoms with E-state index in [1.807, 2.05) is 65.2 Å². The third kappa shape index (κ3) is 12.7. The highest BCUT2D eigenvalue weighted by atomic mass is 35.5. The van der Waals surface area contributed by atoms with E-state index in [9.17, 15) is 22.8 Å². The van der Waals surface area contributed by atoms with Crippen LogP contribution in [0.2, 0.25) is 0 Å². The Morgan fingerprint density at radius 1 is 0.758 bits per heavy atom. The number of rotatable bonds is 12. The largest absolute Gasteiger partial charge is 0.416 e. The number of aromatic nitrogens is 6. The second-order valence-corrected chi connectivity index (χ2v) is 16.7.